The Hall–Kier alpha value is -2.04. The van der Waals surface area contributed by atoms with Crippen molar-refractivity contribution in [2.45, 2.75) is 39.0 Å². The molecule has 2 atom stereocenters. The van der Waals surface area contributed by atoms with E-state index in [-0.39, 0.29) is 25.0 Å². The monoisotopic (exact) mass is 331 g/mol. The lowest BCUT2D eigenvalue weighted by atomic mass is 9.90. The molecule has 1 heterocycles. The molecule has 3 rings (SSSR count). The average Bonchev–Trinajstić information content (AvgIpc) is 2.58. The Morgan fingerprint density at radius 1 is 1.21 bits per heavy atom. The van der Waals surface area contributed by atoms with Crippen LogP contribution in [0.1, 0.15) is 37.3 Å². The second-order valence-corrected chi connectivity index (χ2v) is 7.10. The van der Waals surface area contributed by atoms with E-state index in [4.69, 9.17) is 4.74 Å². The van der Waals surface area contributed by atoms with Crippen LogP contribution in [-0.2, 0) is 22.4 Å². The van der Waals surface area contributed by atoms with E-state index in [1.54, 1.807) is 4.90 Å². The highest BCUT2D eigenvalue weighted by Crippen LogP contribution is 2.26. The number of piperidine rings is 1. The summed E-state index contributed by atoms with van der Waals surface area (Å²) in [5, 5.41) is 9.21. The van der Waals surface area contributed by atoms with E-state index >= 15 is 0 Å². The first-order chi connectivity index (χ1) is 11.5. The maximum Gasteiger partial charge on any atom is 0.308 e. The Morgan fingerprint density at radius 3 is 2.71 bits per heavy atom. The zero-order valence-electron chi connectivity index (χ0n) is 14.2. The normalized spacial score (nSPS) is 23.5. The second kappa shape index (κ2) is 7.24. The minimum absolute atomic E-state index is 0.0299. The number of amides is 1. The average molecular weight is 331 g/mol. The number of ether oxygens (including phenoxy) is 1. The topological polar surface area (TPSA) is 66.8 Å². The van der Waals surface area contributed by atoms with Gasteiger partial charge in [0, 0.05) is 13.1 Å². The van der Waals surface area contributed by atoms with Crippen LogP contribution in [0.2, 0.25) is 0 Å². The molecule has 0 bridgehead atoms. The van der Waals surface area contributed by atoms with Crippen LogP contribution in [0.3, 0.4) is 0 Å². The first-order valence-electron chi connectivity index (χ1n) is 8.78. The second-order valence-electron chi connectivity index (χ2n) is 7.10. The van der Waals surface area contributed by atoms with Crippen molar-refractivity contribution >= 4 is 11.9 Å². The molecule has 24 heavy (non-hydrogen) atoms. The van der Waals surface area contributed by atoms with Crippen molar-refractivity contribution in [1.82, 2.24) is 4.90 Å². The zero-order valence-corrected chi connectivity index (χ0v) is 14.2. The van der Waals surface area contributed by atoms with Crippen molar-refractivity contribution in [2.75, 3.05) is 19.7 Å². The molecule has 0 spiro atoms. The third-order valence-corrected chi connectivity index (χ3v) is 5.04. The molecule has 1 fully saturated rings. The van der Waals surface area contributed by atoms with Gasteiger partial charge in [-0.3, -0.25) is 9.59 Å². The van der Waals surface area contributed by atoms with E-state index < -0.39 is 11.9 Å². The van der Waals surface area contributed by atoms with Gasteiger partial charge in [0.25, 0.3) is 5.91 Å². The number of carboxylic acids is 1. The molecule has 5 heteroatoms. The van der Waals surface area contributed by atoms with Gasteiger partial charge in [-0.05, 0) is 61.3 Å². The number of rotatable bonds is 4. The quantitative estimate of drug-likeness (QED) is 0.920. The molecule has 1 amide bonds. The van der Waals surface area contributed by atoms with Crippen LogP contribution in [0.5, 0.6) is 5.75 Å². The van der Waals surface area contributed by atoms with Crippen molar-refractivity contribution in [3.8, 4) is 5.75 Å². The molecule has 5 nitrogen and oxygen atoms in total. The van der Waals surface area contributed by atoms with Gasteiger partial charge in [0.1, 0.15) is 5.75 Å². The van der Waals surface area contributed by atoms with Gasteiger partial charge in [-0.1, -0.05) is 13.0 Å². The van der Waals surface area contributed by atoms with E-state index in [2.05, 4.69) is 6.07 Å². The SMILES string of the molecule is CC1CC(C(=O)O)CN(C(=O)COc2ccc3c(c2)CCCC3)C1. The van der Waals surface area contributed by atoms with Gasteiger partial charge >= 0.3 is 5.97 Å². The van der Waals surface area contributed by atoms with E-state index in [1.165, 1.54) is 24.0 Å². The lowest BCUT2D eigenvalue weighted by Crippen LogP contribution is -2.47. The summed E-state index contributed by atoms with van der Waals surface area (Å²) in [7, 11) is 0. The van der Waals surface area contributed by atoms with E-state index in [1.807, 2.05) is 19.1 Å². The first-order valence-corrected chi connectivity index (χ1v) is 8.78. The molecule has 1 N–H and O–H groups in total. The third-order valence-electron chi connectivity index (χ3n) is 5.04. The van der Waals surface area contributed by atoms with Crippen LogP contribution in [-0.4, -0.2) is 41.6 Å². The van der Waals surface area contributed by atoms with Crippen molar-refractivity contribution in [2.24, 2.45) is 11.8 Å². The summed E-state index contributed by atoms with van der Waals surface area (Å²) in [5.41, 5.74) is 2.71. The van der Waals surface area contributed by atoms with Gasteiger partial charge in [0.15, 0.2) is 6.61 Å². The van der Waals surface area contributed by atoms with Gasteiger partial charge < -0.3 is 14.7 Å². The minimum atomic E-state index is -0.824. The van der Waals surface area contributed by atoms with Crippen LogP contribution in [0, 0.1) is 11.8 Å². The van der Waals surface area contributed by atoms with E-state index in [0.29, 0.717) is 13.0 Å². The number of carbonyl (C=O) groups excluding carboxylic acids is 1. The number of carboxylic acid groups (broad SMARTS) is 1. The number of aryl methyl sites for hydroxylation is 2. The highest BCUT2D eigenvalue weighted by Gasteiger charge is 2.31. The number of aliphatic carboxylic acids is 1. The molecule has 1 aromatic rings. The molecule has 0 saturated carbocycles. The summed E-state index contributed by atoms with van der Waals surface area (Å²) in [6, 6.07) is 6.06. The van der Waals surface area contributed by atoms with E-state index in [9.17, 15) is 14.7 Å². The fraction of sp³-hybridized carbons (Fsp3) is 0.579. The fourth-order valence-corrected chi connectivity index (χ4v) is 3.77. The number of nitrogens with zero attached hydrogens (tertiary/aromatic N) is 1. The number of hydrogen-bond acceptors (Lipinski definition) is 3. The number of benzene rings is 1. The predicted octanol–water partition coefficient (Wildman–Crippen LogP) is 2.51. The molecule has 2 aliphatic rings. The molecule has 1 aliphatic heterocycles. The summed E-state index contributed by atoms with van der Waals surface area (Å²) in [4.78, 5) is 25.2. The smallest absolute Gasteiger partial charge is 0.308 e. The summed E-state index contributed by atoms with van der Waals surface area (Å²) in [6.07, 6.45) is 5.27. The fourth-order valence-electron chi connectivity index (χ4n) is 3.77. The molecule has 130 valence electrons. The molecule has 2 unspecified atom stereocenters. The summed E-state index contributed by atoms with van der Waals surface area (Å²) < 4.78 is 5.68. The zero-order chi connectivity index (χ0) is 17.1. The Bertz CT molecular complexity index is 628. The Balaban J connectivity index is 1.58. The molecular weight excluding hydrogens is 306 g/mol. The van der Waals surface area contributed by atoms with Crippen LogP contribution >= 0.6 is 0 Å². The summed E-state index contributed by atoms with van der Waals surface area (Å²) in [5.74, 6) is -0.502. The largest absolute Gasteiger partial charge is 0.484 e. The first kappa shape index (κ1) is 16.8. The Labute approximate surface area is 142 Å². The highest BCUT2D eigenvalue weighted by atomic mass is 16.5. The van der Waals surface area contributed by atoms with Crippen LogP contribution in [0.15, 0.2) is 18.2 Å². The predicted molar refractivity (Wildman–Crippen MR) is 90.1 cm³/mol. The van der Waals surface area contributed by atoms with Gasteiger partial charge in [0.2, 0.25) is 0 Å². The number of fused-ring (bicyclic) bond motifs is 1. The van der Waals surface area contributed by atoms with Crippen molar-refractivity contribution in [3.05, 3.63) is 29.3 Å². The number of likely N-dealkylation sites (tertiary alicyclic amines) is 1. The minimum Gasteiger partial charge on any atom is -0.484 e. The highest BCUT2D eigenvalue weighted by molar-refractivity contribution is 5.79. The summed E-state index contributed by atoms with van der Waals surface area (Å²) >= 11 is 0. The lowest BCUT2D eigenvalue weighted by molar-refractivity contribution is -0.147. The molecule has 1 saturated heterocycles. The molecule has 0 aromatic heterocycles. The standard InChI is InChI=1S/C19H25NO4/c1-13-8-16(19(22)23)11-20(10-13)18(21)12-24-17-7-6-14-4-2-3-5-15(14)9-17/h6-7,9,13,16H,2-5,8,10-12H2,1H3,(H,22,23). The van der Waals surface area contributed by atoms with E-state index in [0.717, 1.165) is 18.6 Å². The van der Waals surface area contributed by atoms with Crippen molar-refractivity contribution in [3.63, 3.8) is 0 Å². The molecule has 1 aromatic carbocycles. The Morgan fingerprint density at radius 2 is 1.96 bits per heavy atom. The van der Waals surface area contributed by atoms with Crippen LogP contribution in [0.4, 0.5) is 0 Å². The number of carbonyl (C=O) groups is 2. The maximum atomic E-state index is 12.4. The van der Waals surface area contributed by atoms with Gasteiger partial charge in [-0.15, -0.1) is 0 Å². The van der Waals surface area contributed by atoms with Gasteiger partial charge in [-0.2, -0.15) is 0 Å². The molecule has 0 radical (unpaired) electrons. The lowest BCUT2D eigenvalue weighted by Gasteiger charge is -2.34. The van der Waals surface area contributed by atoms with Crippen molar-refractivity contribution < 1.29 is 19.4 Å². The molecular formula is C19H25NO4. The number of hydrogen-bond donors (Lipinski definition) is 1. The van der Waals surface area contributed by atoms with Crippen LogP contribution < -0.4 is 4.74 Å². The Kier molecular flexibility index (Phi) is 5.07. The van der Waals surface area contributed by atoms with Gasteiger partial charge in [-0.25, -0.2) is 0 Å². The van der Waals surface area contributed by atoms with Crippen LogP contribution in [0.25, 0.3) is 0 Å². The third kappa shape index (κ3) is 3.89. The molecule has 1 aliphatic carbocycles. The van der Waals surface area contributed by atoms with Crippen molar-refractivity contribution in [1.29, 1.82) is 0 Å². The van der Waals surface area contributed by atoms with Gasteiger partial charge in [0.05, 0.1) is 5.92 Å². The summed E-state index contributed by atoms with van der Waals surface area (Å²) in [6.45, 7) is 2.85. The maximum absolute atomic E-state index is 12.4.